The minimum atomic E-state index is -0.239. The third kappa shape index (κ3) is 3.59. The van der Waals surface area contributed by atoms with Crippen molar-refractivity contribution in [1.82, 2.24) is 10.3 Å². The number of benzene rings is 1. The zero-order valence-electron chi connectivity index (χ0n) is 13.2. The van der Waals surface area contributed by atoms with Gasteiger partial charge in [-0.05, 0) is 32.0 Å². The van der Waals surface area contributed by atoms with Crippen molar-refractivity contribution in [1.29, 1.82) is 0 Å². The molecule has 8 heteroatoms. The lowest BCUT2D eigenvalue weighted by molar-refractivity contribution is -0.125. The number of rotatable bonds is 4. The van der Waals surface area contributed by atoms with Crippen LogP contribution in [-0.2, 0) is 9.59 Å². The van der Waals surface area contributed by atoms with Crippen LogP contribution in [0.1, 0.15) is 23.7 Å². The van der Waals surface area contributed by atoms with Gasteiger partial charge in [-0.15, -0.1) is 11.3 Å². The third-order valence-electron chi connectivity index (χ3n) is 3.62. The summed E-state index contributed by atoms with van der Waals surface area (Å²) in [6, 6.07) is 5.15. The first-order valence-corrected chi connectivity index (χ1v) is 9.05. The Hall–Kier alpha value is -1.93. The first-order valence-electron chi connectivity index (χ1n) is 7.38. The van der Waals surface area contributed by atoms with Crippen molar-refractivity contribution >= 4 is 44.8 Å². The Bertz CT molecular complexity index is 793. The predicted molar refractivity (Wildman–Crippen MR) is 95.4 cm³/mol. The lowest BCUT2D eigenvalue weighted by atomic mass is 10.2. The average molecular weight is 410 g/mol. The van der Waals surface area contributed by atoms with Crippen LogP contribution in [0.5, 0.6) is 5.75 Å². The van der Waals surface area contributed by atoms with E-state index in [1.165, 1.54) is 16.2 Å². The number of nitrogens with zero attached hydrogens (tertiary/aromatic N) is 2. The number of nitrogens with one attached hydrogen (secondary N) is 1. The normalized spacial score (nSPS) is 14.8. The van der Waals surface area contributed by atoms with Crippen molar-refractivity contribution in [2.45, 2.75) is 19.9 Å². The second-order valence-electron chi connectivity index (χ2n) is 5.46. The zero-order valence-corrected chi connectivity index (χ0v) is 15.6. The summed E-state index contributed by atoms with van der Waals surface area (Å²) in [5, 5.41) is 5.76. The molecule has 2 amide bonds. The molecule has 1 aromatic heterocycles. The Balaban J connectivity index is 1.71. The summed E-state index contributed by atoms with van der Waals surface area (Å²) < 4.78 is 6.27. The summed E-state index contributed by atoms with van der Waals surface area (Å²) in [6.45, 7) is 3.67. The third-order valence-corrected chi connectivity index (χ3v) is 4.91. The minimum absolute atomic E-state index is 0.0513. The quantitative estimate of drug-likeness (QED) is 0.842. The molecular formula is C16H16BrN3O3S. The number of hydrogen-bond acceptors (Lipinski definition) is 5. The maximum atomic E-state index is 12.3. The van der Waals surface area contributed by atoms with E-state index >= 15 is 0 Å². The fraction of sp³-hybridized carbons (Fsp3) is 0.312. The standard InChI is InChI=1S/C16H16BrN3O3S/c1-9(12-8-24-10(2)19-12)18-15(21)6-20-13-4-3-11(17)5-14(13)23-7-16(20)22/h3-5,8-9H,6-7H2,1-2H3,(H,18,21). The number of ether oxygens (including phenoxy) is 1. The van der Waals surface area contributed by atoms with Crippen LogP contribution in [-0.4, -0.2) is 29.9 Å². The lowest BCUT2D eigenvalue weighted by Crippen LogP contribution is -2.45. The molecular weight excluding hydrogens is 394 g/mol. The van der Waals surface area contributed by atoms with Crippen LogP contribution in [0.3, 0.4) is 0 Å². The molecule has 0 fully saturated rings. The van der Waals surface area contributed by atoms with Crippen molar-refractivity contribution in [3.63, 3.8) is 0 Å². The number of thiazole rings is 1. The number of carbonyl (C=O) groups excluding carboxylic acids is 2. The van der Waals surface area contributed by atoms with Gasteiger partial charge < -0.3 is 10.1 Å². The van der Waals surface area contributed by atoms with Crippen LogP contribution in [0.2, 0.25) is 0 Å². The summed E-state index contributed by atoms with van der Waals surface area (Å²) in [5.74, 6) is 0.106. The molecule has 1 N–H and O–H groups in total. The van der Waals surface area contributed by atoms with Gasteiger partial charge in [0.25, 0.3) is 5.91 Å². The molecule has 6 nitrogen and oxygen atoms in total. The van der Waals surface area contributed by atoms with Crippen molar-refractivity contribution in [3.8, 4) is 5.75 Å². The van der Waals surface area contributed by atoms with Crippen molar-refractivity contribution in [3.05, 3.63) is 38.8 Å². The van der Waals surface area contributed by atoms with E-state index < -0.39 is 0 Å². The Morgan fingerprint density at radius 2 is 2.33 bits per heavy atom. The molecule has 1 atom stereocenters. The highest BCUT2D eigenvalue weighted by molar-refractivity contribution is 9.10. The largest absolute Gasteiger partial charge is 0.482 e. The van der Waals surface area contributed by atoms with Gasteiger partial charge in [-0.1, -0.05) is 15.9 Å². The predicted octanol–water partition coefficient (Wildman–Crippen LogP) is 2.82. The molecule has 1 unspecified atom stereocenters. The topological polar surface area (TPSA) is 71.5 Å². The number of carbonyl (C=O) groups is 2. The highest BCUT2D eigenvalue weighted by atomic mass is 79.9. The van der Waals surface area contributed by atoms with Gasteiger partial charge in [-0.3, -0.25) is 14.5 Å². The molecule has 0 aliphatic carbocycles. The maximum absolute atomic E-state index is 12.3. The molecule has 3 rings (SSSR count). The van der Waals surface area contributed by atoms with E-state index in [1.54, 1.807) is 12.1 Å². The summed E-state index contributed by atoms with van der Waals surface area (Å²) in [5.41, 5.74) is 1.42. The maximum Gasteiger partial charge on any atom is 0.265 e. The van der Waals surface area contributed by atoms with Crippen molar-refractivity contribution < 1.29 is 14.3 Å². The van der Waals surface area contributed by atoms with Gasteiger partial charge >= 0.3 is 0 Å². The molecule has 1 aliphatic rings. The number of aromatic nitrogens is 1. The van der Waals surface area contributed by atoms with Gasteiger partial charge in [0, 0.05) is 9.85 Å². The number of amides is 2. The number of aryl methyl sites for hydroxylation is 1. The fourth-order valence-corrected chi connectivity index (χ4v) is 3.48. The van der Waals surface area contributed by atoms with Gasteiger partial charge in [0.05, 0.1) is 22.4 Å². The van der Waals surface area contributed by atoms with E-state index in [0.29, 0.717) is 11.4 Å². The second-order valence-corrected chi connectivity index (χ2v) is 7.44. The molecule has 0 bridgehead atoms. The molecule has 0 spiro atoms. The summed E-state index contributed by atoms with van der Waals surface area (Å²) in [6.07, 6.45) is 0. The molecule has 24 heavy (non-hydrogen) atoms. The number of hydrogen-bond donors (Lipinski definition) is 1. The van der Waals surface area contributed by atoms with Gasteiger partial charge in [0.1, 0.15) is 12.3 Å². The molecule has 126 valence electrons. The Morgan fingerprint density at radius 3 is 3.04 bits per heavy atom. The molecule has 1 aromatic carbocycles. The number of anilines is 1. The van der Waals surface area contributed by atoms with Gasteiger partial charge in [-0.25, -0.2) is 4.98 Å². The van der Waals surface area contributed by atoms with Crippen LogP contribution in [0.25, 0.3) is 0 Å². The van der Waals surface area contributed by atoms with Crippen LogP contribution in [0.4, 0.5) is 5.69 Å². The molecule has 0 saturated heterocycles. The number of halogens is 1. The highest BCUT2D eigenvalue weighted by Gasteiger charge is 2.28. The van der Waals surface area contributed by atoms with Crippen molar-refractivity contribution in [2.24, 2.45) is 0 Å². The van der Waals surface area contributed by atoms with Gasteiger partial charge in [0.15, 0.2) is 6.61 Å². The lowest BCUT2D eigenvalue weighted by Gasteiger charge is -2.29. The SMILES string of the molecule is Cc1nc(C(C)NC(=O)CN2C(=O)COc3cc(Br)ccc32)cs1. The van der Waals surface area contributed by atoms with E-state index in [1.807, 2.05) is 25.3 Å². The zero-order chi connectivity index (χ0) is 17.3. The van der Waals surface area contributed by atoms with Crippen LogP contribution in [0, 0.1) is 6.92 Å². The average Bonchev–Trinajstić information content (AvgIpc) is 2.97. The first-order chi connectivity index (χ1) is 11.4. The van der Waals surface area contributed by atoms with E-state index in [4.69, 9.17) is 4.74 Å². The Labute approximate surface area is 152 Å². The molecule has 2 heterocycles. The van der Waals surface area contributed by atoms with E-state index in [0.717, 1.165) is 15.2 Å². The summed E-state index contributed by atoms with van der Waals surface area (Å²) in [7, 11) is 0. The second kappa shape index (κ2) is 6.90. The summed E-state index contributed by atoms with van der Waals surface area (Å²) >= 11 is 4.91. The summed E-state index contributed by atoms with van der Waals surface area (Å²) in [4.78, 5) is 30.3. The fourth-order valence-electron chi connectivity index (χ4n) is 2.44. The van der Waals surface area contributed by atoms with Crippen LogP contribution >= 0.6 is 27.3 Å². The molecule has 2 aromatic rings. The van der Waals surface area contributed by atoms with Crippen LogP contribution in [0.15, 0.2) is 28.1 Å². The molecule has 0 radical (unpaired) electrons. The van der Waals surface area contributed by atoms with Crippen molar-refractivity contribution in [2.75, 3.05) is 18.1 Å². The number of fused-ring (bicyclic) bond motifs is 1. The van der Waals surface area contributed by atoms with E-state index in [-0.39, 0.29) is 31.0 Å². The highest BCUT2D eigenvalue weighted by Crippen LogP contribution is 2.34. The molecule has 0 saturated carbocycles. The first kappa shape index (κ1) is 16.9. The monoisotopic (exact) mass is 409 g/mol. The van der Waals surface area contributed by atoms with E-state index in [2.05, 4.69) is 26.2 Å². The van der Waals surface area contributed by atoms with E-state index in [9.17, 15) is 9.59 Å². The Morgan fingerprint density at radius 1 is 1.54 bits per heavy atom. The Kier molecular flexibility index (Phi) is 4.86. The minimum Gasteiger partial charge on any atom is -0.482 e. The van der Waals surface area contributed by atoms with Gasteiger partial charge in [0.2, 0.25) is 5.91 Å². The van der Waals surface area contributed by atoms with Crippen LogP contribution < -0.4 is 15.0 Å². The molecule has 1 aliphatic heterocycles. The van der Waals surface area contributed by atoms with Gasteiger partial charge in [-0.2, -0.15) is 0 Å². The smallest absolute Gasteiger partial charge is 0.265 e.